The van der Waals surface area contributed by atoms with Gasteiger partial charge in [0.05, 0.1) is 43.6 Å². The van der Waals surface area contributed by atoms with Crippen molar-refractivity contribution in [3.05, 3.63) is 59.3 Å². The lowest BCUT2D eigenvalue weighted by molar-refractivity contribution is 0.0599. The van der Waals surface area contributed by atoms with E-state index >= 15 is 0 Å². The Labute approximate surface area is 169 Å². The molecule has 0 atom stereocenters. The molecular formula is C21H25FN4O3. The number of carbonyl (C=O) groups is 1. The zero-order valence-electron chi connectivity index (χ0n) is 16.9. The first-order valence-corrected chi connectivity index (χ1v) is 9.38. The van der Waals surface area contributed by atoms with Crippen LogP contribution in [0.3, 0.4) is 0 Å². The van der Waals surface area contributed by atoms with E-state index in [0.29, 0.717) is 48.4 Å². The van der Waals surface area contributed by atoms with Crippen LogP contribution in [-0.2, 0) is 22.4 Å². The first-order chi connectivity index (χ1) is 14.0. The second kappa shape index (κ2) is 9.58. The zero-order chi connectivity index (χ0) is 20.8. The minimum Gasteiger partial charge on any atom is -0.465 e. The van der Waals surface area contributed by atoms with Crippen molar-refractivity contribution < 1.29 is 18.7 Å². The average molecular weight is 400 g/mol. The largest absolute Gasteiger partial charge is 0.465 e. The highest BCUT2D eigenvalue weighted by Crippen LogP contribution is 2.23. The number of hydrogen-bond donors (Lipinski definition) is 0. The Morgan fingerprint density at radius 2 is 2.07 bits per heavy atom. The number of ether oxygens (including phenoxy) is 2. The summed E-state index contributed by atoms with van der Waals surface area (Å²) in [7, 11) is 5.32. The second-order valence-corrected chi connectivity index (χ2v) is 6.95. The van der Waals surface area contributed by atoms with E-state index in [1.165, 1.54) is 25.4 Å². The van der Waals surface area contributed by atoms with E-state index < -0.39 is 5.97 Å². The van der Waals surface area contributed by atoms with Gasteiger partial charge in [-0.15, -0.1) is 0 Å². The molecule has 2 heterocycles. The third-order valence-corrected chi connectivity index (χ3v) is 4.59. The van der Waals surface area contributed by atoms with Gasteiger partial charge >= 0.3 is 5.97 Å². The molecule has 0 radical (unpaired) electrons. The van der Waals surface area contributed by atoms with Crippen molar-refractivity contribution >= 4 is 16.9 Å². The zero-order valence-corrected chi connectivity index (χ0v) is 16.9. The summed E-state index contributed by atoms with van der Waals surface area (Å²) in [5.74, 6) is -0.772. The first kappa shape index (κ1) is 20.9. The van der Waals surface area contributed by atoms with Gasteiger partial charge in [-0.3, -0.25) is 9.67 Å². The maximum Gasteiger partial charge on any atom is 0.338 e. The lowest BCUT2D eigenvalue weighted by Gasteiger charge is -2.10. The van der Waals surface area contributed by atoms with Crippen LogP contribution in [0.1, 0.15) is 21.6 Å². The van der Waals surface area contributed by atoms with Gasteiger partial charge in [0, 0.05) is 30.7 Å². The van der Waals surface area contributed by atoms with E-state index in [1.807, 2.05) is 18.8 Å². The molecule has 0 fully saturated rings. The maximum absolute atomic E-state index is 13.9. The van der Waals surface area contributed by atoms with Gasteiger partial charge in [0.1, 0.15) is 5.82 Å². The number of rotatable bonds is 9. The van der Waals surface area contributed by atoms with Gasteiger partial charge in [-0.05, 0) is 43.9 Å². The third-order valence-electron chi connectivity index (χ3n) is 4.59. The average Bonchev–Trinajstić information content (AvgIpc) is 3.04. The van der Waals surface area contributed by atoms with Crippen molar-refractivity contribution in [2.75, 3.05) is 41.0 Å². The van der Waals surface area contributed by atoms with Crippen LogP contribution < -0.4 is 0 Å². The van der Waals surface area contributed by atoms with Crippen LogP contribution in [0.2, 0.25) is 0 Å². The monoisotopic (exact) mass is 400 g/mol. The van der Waals surface area contributed by atoms with Gasteiger partial charge in [0.15, 0.2) is 0 Å². The van der Waals surface area contributed by atoms with E-state index in [4.69, 9.17) is 9.47 Å². The van der Waals surface area contributed by atoms with Crippen LogP contribution in [0.15, 0.2) is 36.7 Å². The number of pyridine rings is 1. The lowest BCUT2D eigenvalue weighted by atomic mass is 10.0. The van der Waals surface area contributed by atoms with E-state index in [1.54, 1.807) is 18.3 Å². The van der Waals surface area contributed by atoms with Crippen LogP contribution >= 0.6 is 0 Å². The number of halogens is 1. The van der Waals surface area contributed by atoms with Gasteiger partial charge in [0.25, 0.3) is 0 Å². The van der Waals surface area contributed by atoms with Gasteiger partial charge in [0.2, 0.25) is 0 Å². The molecule has 29 heavy (non-hydrogen) atoms. The van der Waals surface area contributed by atoms with Crippen LogP contribution in [0.25, 0.3) is 10.9 Å². The lowest BCUT2D eigenvalue weighted by Crippen LogP contribution is -2.19. The van der Waals surface area contributed by atoms with Crippen LogP contribution in [0.4, 0.5) is 4.39 Å². The molecule has 2 aromatic heterocycles. The molecule has 0 spiro atoms. The van der Waals surface area contributed by atoms with E-state index in [-0.39, 0.29) is 5.82 Å². The van der Waals surface area contributed by atoms with Crippen molar-refractivity contribution in [1.82, 2.24) is 19.7 Å². The van der Waals surface area contributed by atoms with Crippen molar-refractivity contribution in [2.24, 2.45) is 0 Å². The molecule has 0 bridgehead atoms. The normalized spacial score (nSPS) is 11.3. The minimum atomic E-state index is -0.438. The molecule has 0 aliphatic rings. The Kier molecular flexibility index (Phi) is 6.90. The number of nitrogens with zero attached hydrogens (tertiary/aromatic N) is 4. The fraction of sp³-hybridized carbons (Fsp3) is 0.381. The predicted octanol–water partition coefficient (Wildman–Crippen LogP) is 2.53. The summed E-state index contributed by atoms with van der Waals surface area (Å²) < 4.78 is 26.2. The van der Waals surface area contributed by atoms with Gasteiger partial charge in [-0.25, -0.2) is 9.18 Å². The van der Waals surface area contributed by atoms with Crippen LogP contribution in [0.5, 0.6) is 0 Å². The van der Waals surface area contributed by atoms with Crippen LogP contribution in [0, 0.1) is 5.82 Å². The molecule has 0 amide bonds. The SMILES string of the molecule is COC(=O)c1ccncc1Cc1nn(CCOCCN(C)C)c2ccc(F)cc12. The number of esters is 1. The maximum atomic E-state index is 13.9. The Morgan fingerprint density at radius 3 is 2.83 bits per heavy atom. The van der Waals surface area contributed by atoms with Crippen molar-refractivity contribution in [3.63, 3.8) is 0 Å². The standard InChI is InChI=1S/C21H25FN4O3/c1-25(2)8-10-29-11-9-26-20-5-4-16(22)13-18(20)19(24-26)12-15-14-23-7-6-17(15)21(27)28-3/h4-7,13-14H,8-12H2,1-3H3. The number of hydrogen-bond acceptors (Lipinski definition) is 6. The minimum absolute atomic E-state index is 0.333. The molecule has 0 unspecified atom stereocenters. The van der Waals surface area contributed by atoms with Crippen molar-refractivity contribution in [1.29, 1.82) is 0 Å². The topological polar surface area (TPSA) is 69.5 Å². The van der Waals surface area contributed by atoms with Gasteiger partial charge in [-0.1, -0.05) is 0 Å². The molecule has 0 aliphatic carbocycles. The number of fused-ring (bicyclic) bond motifs is 1. The van der Waals surface area contributed by atoms with Crippen molar-refractivity contribution in [3.8, 4) is 0 Å². The molecular weight excluding hydrogens is 375 g/mol. The third kappa shape index (κ3) is 5.16. The summed E-state index contributed by atoms with van der Waals surface area (Å²) in [5.41, 5.74) is 2.60. The van der Waals surface area contributed by atoms with Gasteiger partial charge < -0.3 is 14.4 Å². The number of benzene rings is 1. The highest BCUT2D eigenvalue weighted by Gasteiger charge is 2.17. The highest BCUT2D eigenvalue weighted by atomic mass is 19.1. The fourth-order valence-electron chi connectivity index (χ4n) is 3.08. The molecule has 0 N–H and O–H groups in total. The Bertz CT molecular complexity index is 987. The number of likely N-dealkylation sites (N-methyl/N-ethyl adjacent to an activating group) is 1. The molecule has 0 saturated carbocycles. The fourth-order valence-corrected chi connectivity index (χ4v) is 3.08. The molecule has 7 nitrogen and oxygen atoms in total. The van der Waals surface area contributed by atoms with E-state index in [0.717, 1.165) is 12.1 Å². The first-order valence-electron chi connectivity index (χ1n) is 9.38. The second-order valence-electron chi connectivity index (χ2n) is 6.95. The number of carbonyl (C=O) groups excluding carboxylic acids is 1. The molecule has 3 rings (SSSR count). The van der Waals surface area contributed by atoms with Gasteiger partial charge in [-0.2, -0.15) is 5.10 Å². The summed E-state index contributed by atoms with van der Waals surface area (Å²) in [6, 6.07) is 6.21. The molecule has 8 heteroatoms. The molecule has 1 aromatic carbocycles. The van der Waals surface area contributed by atoms with E-state index in [9.17, 15) is 9.18 Å². The predicted molar refractivity (Wildman–Crippen MR) is 107 cm³/mol. The number of methoxy groups -OCH3 is 1. The summed E-state index contributed by atoms with van der Waals surface area (Å²) in [6.07, 6.45) is 3.49. The van der Waals surface area contributed by atoms with Crippen molar-refractivity contribution in [2.45, 2.75) is 13.0 Å². The molecule has 3 aromatic rings. The Hall–Kier alpha value is -2.84. The number of aromatic nitrogens is 3. The van der Waals surface area contributed by atoms with Crippen LogP contribution in [-0.4, -0.2) is 66.6 Å². The molecule has 0 aliphatic heterocycles. The Balaban J connectivity index is 1.85. The summed E-state index contributed by atoms with van der Waals surface area (Å²) in [5, 5.41) is 5.37. The van der Waals surface area contributed by atoms with E-state index in [2.05, 4.69) is 15.0 Å². The summed E-state index contributed by atoms with van der Waals surface area (Å²) >= 11 is 0. The summed E-state index contributed by atoms with van der Waals surface area (Å²) in [6.45, 7) is 2.52. The smallest absolute Gasteiger partial charge is 0.338 e. The summed E-state index contributed by atoms with van der Waals surface area (Å²) in [4.78, 5) is 18.2. The molecule has 154 valence electrons. The highest BCUT2D eigenvalue weighted by molar-refractivity contribution is 5.91. The Morgan fingerprint density at radius 1 is 1.24 bits per heavy atom. The quantitative estimate of drug-likeness (QED) is 0.406. The molecule has 0 saturated heterocycles.